The maximum atomic E-state index is 12.6. The van der Waals surface area contributed by atoms with E-state index in [1.54, 1.807) is 0 Å². The molecule has 2 aromatic rings. The predicted molar refractivity (Wildman–Crippen MR) is 82.3 cm³/mol. The lowest BCUT2D eigenvalue weighted by Crippen LogP contribution is -2.41. The fourth-order valence-corrected chi connectivity index (χ4v) is 3.00. The highest BCUT2D eigenvalue weighted by atomic mass is 16.1. The van der Waals surface area contributed by atoms with Crippen molar-refractivity contribution in [2.45, 2.75) is 20.3 Å². The second-order valence-corrected chi connectivity index (χ2v) is 5.69. The van der Waals surface area contributed by atoms with Crippen LogP contribution in [-0.2, 0) is 11.2 Å². The zero-order chi connectivity index (χ0) is 14.2. The Bertz CT molecular complexity index is 667. The number of Topliss-reactive ketones (excluding diaryl/α,β-unsaturated/α-hetero) is 1. The number of rotatable bonds is 3. The number of ketones is 1. The van der Waals surface area contributed by atoms with Crippen LogP contribution in [0.15, 0.2) is 66.2 Å². The third kappa shape index (κ3) is 1.90. The summed E-state index contributed by atoms with van der Waals surface area (Å²) in [5.74, 6) is 0.269. The summed E-state index contributed by atoms with van der Waals surface area (Å²) < 4.78 is 0. The molecule has 1 heteroatoms. The number of hydrogen-bond donors (Lipinski definition) is 0. The van der Waals surface area contributed by atoms with Crippen molar-refractivity contribution in [2.75, 3.05) is 0 Å². The predicted octanol–water partition coefficient (Wildman–Crippen LogP) is 4.29. The Hall–Kier alpha value is -2.15. The van der Waals surface area contributed by atoms with E-state index in [-0.39, 0.29) is 11.2 Å². The number of allylic oxidation sites excluding steroid dienone is 2. The van der Waals surface area contributed by atoms with Crippen molar-refractivity contribution >= 4 is 11.4 Å². The molecule has 1 nitrogen and oxygen atoms in total. The fraction of sp³-hybridized carbons (Fsp3) is 0.211. The molecule has 0 bridgehead atoms. The van der Waals surface area contributed by atoms with E-state index in [2.05, 4.69) is 26.0 Å². The standard InChI is InChI=1S/C19H18O/c1-14-17(16-11-7-4-8-12-16)18(20)19(14,2)13-15-9-5-3-6-10-15/h3-12H,13H2,1-2H3. The minimum Gasteiger partial charge on any atom is -0.293 e. The Kier molecular flexibility index (Phi) is 3.06. The van der Waals surface area contributed by atoms with Crippen molar-refractivity contribution in [3.05, 3.63) is 77.4 Å². The lowest BCUT2D eigenvalue weighted by molar-refractivity contribution is -0.122. The molecule has 0 radical (unpaired) electrons. The third-order valence-corrected chi connectivity index (χ3v) is 4.39. The first-order valence-electron chi connectivity index (χ1n) is 6.98. The Morgan fingerprint density at radius 1 is 0.900 bits per heavy atom. The van der Waals surface area contributed by atoms with E-state index in [1.807, 2.05) is 48.5 Å². The molecule has 1 aliphatic carbocycles. The van der Waals surface area contributed by atoms with Crippen LogP contribution in [-0.4, -0.2) is 5.78 Å². The van der Waals surface area contributed by atoms with Gasteiger partial charge in [-0.05, 0) is 37.0 Å². The third-order valence-electron chi connectivity index (χ3n) is 4.39. The van der Waals surface area contributed by atoms with Crippen molar-refractivity contribution < 1.29 is 4.79 Å². The molecule has 3 rings (SSSR count). The summed E-state index contributed by atoms with van der Waals surface area (Å²) in [7, 11) is 0. The van der Waals surface area contributed by atoms with Gasteiger partial charge in [0.25, 0.3) is 0 Å². The highest BCUT2D eigenvalue weighted by Crippen LogP contribution is 2.49. The lowest BCUT2D eigenvalue weighted by atomic mass is 9.60. The molecule has 20 heavy (non-hydrogen) atoms. The molecule has 0 aromatic heterocycles. The smallest absolute Gasteiger partial charge is 0.173 e. The summed E-state index contributed by atoms with van der Waals surface area (Å²) in [6.45, 7) is 4.15. The first-order valence-corrected chi connectivity index (χ1v) is 6.98. The Morgan fingerprint density at radius 3 is 2.00 bits per heavy atom. The second-order valence-electron chi connectivity index (χ2n) is 5.69. The van der Waals surface area contributed by atoms with Crippen LogP contribution < -0.4 is 0 Å². The van der Waals surface area contributed by atoms with Gasteiger partial charge < -0.3 is 0 Å². The van der Waals surface area contributed by atoms with E-state index in [0.717, 1.165) is 17.6 Å². The van der Waals surface area contributed by atoms with Gasteiger partial charge in [0.15, 0.2) is 5.78 Å². The van der Waals surface area contributed by atoms with Gasteiger partial charge in [-0.1, -0.05) is 60.7 Å². The van der Waals surface area contributed by atoms with Gasteiger partial charge >= 0.3 is 0 Å². The summed E-state index contributed by atoms with van der Waals surface area (Å²) in [5.41, 5.74) is 4.03. The topological polar surface area (TPSA) is 17.1 Å². The molecule has 0 heterocycles. The maximum absolute atomic E-state index is 12.6. The second kappa shape index (κ2) is 4.75. The Morgan fingerprint density at radius 2 is 1.45 bits per heavy atom. The molecule has 0 aliphatic heterocycles. The molecule has 0 amide bonds. The summed E-state index contributed by atoms with van der Waals surface area (Å²) >= 11 is 0. The van der Waals surface area contributed by atoms with E-state index >= 15 is 0 Å². The number of carbonyl (C=O) groups is 1. The van der Waals surface area contributed by atoms with Crippen LogP contribution in [0.4, 0.5) is 0 Å². The van der Waals surface area contributed by atoms with Gasteiger partial charge in [0.2, 0.25) is 0 Å². The number of carbonyl (C=O) groups excluding carboxylic acids is 1. The molecular weight excluding hydrogens is 244 g/mol. The van der Waals surface area contributed by atoms with Gasteiger partial charge in [0, 0.05) is 5.57 Å². The van der Waals surface area contributed by atoms with Crippen molar-refractivity contribution in [1.29, 1.82) is 0 Å². The molecule has 0 saturated carbocycles. The number of benzene rings is 2. The van der Waals surface area contributed by atoms with Crippen molar-refractivity contribution in [3.63, 3.8) is 0 Å². The van der Waals surface area contributed by atoms with E-state index < -0.39 is 0 Å². The zero-order valence-electron chi connectivity index (χ0n) is 11.9. The molecule has 0 fully saturated rings. The monoisotopic (exact) mass is 262 g/mol. The van der Waals surface area contributed by atoms with E-state index in [0.29, 0.717) is 0 Å². The maximum Gasteiger partial charge on any atom is 0.173 e. The molecule has 1 aliphatic rings. The lowest BCUT2D eigenvalue weighted by Gasteiger charge is -2.40. The normalized spacial score (nSPS) is 21.8. The first kappa shape index (κ1) is 12.9. The molecule has 0 saturated heterocycles. The average molecular weight is 262 g/mol. The Balaban J connectivity index is 1.94. The van der Waals surface area contributed by atoms with Crippen LogP contribution in [0, 0.1) is 5.41 Å². The minimum atomic E-state index is -0.341. The Labute approximate surface area is 120 Å². The van der Waals surface area contributed by atoms with Gasteiger partial charge in [0.05, 0.1) is 5.41 Å². The van der Waals surface area contributed by atoms with Crippen molar-refractivity contribution in [2.24, 2.45) is 5.41 Å². The fourth-order valence-electron chi connectivity index (χ4n) is 3.00. The summed E-state index contributed by atoms with van der Waals surface area (Å²) in [5, 5.41) is 0. The van der Waals surface area contributed by atoms with Crippen LogP contribution in [0.1, 0.15) is 25.0 Å². The van der Waals surface area contributed by atoms with Crippen molar-refractivity contribution in [1.82, 2.24) is 0 Å². The van der Waals surface area contributed by atoms with Crippen LogP contribution in [0.2, 0.25) is 0 Å². The zero-order valence-corrected chi connectivity index (χ0v) is 11.9. The number of hydrogen-bond acceptors (Lipinski definition) is 1. The summed E-state index contributed by atoms with van der Waals surface area (Å²) in [4.78, 5) is 12.6. The molecule has 0 N–H and O–H groups in total. The van der Waals surface area contributed by atoms with E-state index in [1.165, 1.54) is 11.1 Å². The largest absolute Gasteiger partial charge is 0.293 e. The molecular formula is C19H18O. The van der Waals surface area contributed by atoms with Gasteiger partial charge in [-0.2, -0.15) is 0 Å². The van der Waals surface area contributed by atoms with E-state index in [9.17, 15) is 4.79 Å². The van der Waals surface area contributed by atoms with Crippen LogP contribution in [0.5, 0.6) is 0 Å². The molecule has 2 aromatic carbocycles. The van der Waals surface area contributed by atoms with Gasteiger partial charge in [-0.15, -0.1) is 0 Å². The molecule has 0 spiro atoms. The van der Waals surface area contributed by atoms with E-state index in [4.69, 9.17) is 0 Å². The summed E-state index contributed by atoms with van der Waals surface area (Å²) in [6.07, 6.45) is 0.787. The van der Waals surface area contributed by atoms with Gasteiger partial charge in [-0.25, -0.2) is 0 Å². The van der Waals surface area contributed by atoms with Crippen LogP contribution in [0.25, 0.3) is 5.57 Å². The molecule has 100 valence electrons. The summed E-state index contributed by atoms with van der Waals surface area (Å²) in [6, 6.07) is 20.2. The quantitative estimate of drug-likeness (QED) is 0.806. The van der Waals surface area contributed by atoms with Crippen LogP contribution >= 0.6 is 0 Å². The molecule has 1 atom stereocenters. The minimum absolute atomic E-state index is 0.269. The highest BCUT2D eigenvalue weighted by molar-refractivity contribution is 6.32. The van der Waals surface area contributed by atoms with Gasteiger partial charge in [0.1, 0.15) is 0 Å². The van der Waals surface area contributed by atoms with Crippen LogP contribution in [0.3, 0.4) is 0 Å². The first-order chi connectivity index (χ1) is 9.63. The SMILES string of the molecule is CC1=C(c2ccccc2)C(=O)C1(C)Cc1ccccc1. The molecule has 1 unspecified atom stereocenters. The average Bonchev–Trinajstić information content (AvgIpc) is 2.49. The highest BCUT2D eigenvalue weighted by Gasteiger charge is 2.47. The van der Waals surface area contributed by atoms with Gasteiger partial charge in [-0.3, -0.25) is 4.79 Å². The van der Waals surface area contributed by atoms with Crippen molar-refractivity contribution in [3.8, 4) is 0 Å².